The van der Waals surface area contributed by atoms with Crippen molar-refractivity contribution in [1.29, 1.82) is 0 Å². The van der Waals surface area contributed by atoms with Crippen LogP contribution in [0.1, 0.15) is 38.5 Å². The molecule has 1 amide bonds. The molecule has 18 heavy (non-hydrogen) atoms. The summed E-state index contributed by atoms with van der Waals surface area (Å²) in [6, 6.07) is 0. The molecule has 0 radical (unpaired) electrons. The summed E-state index contributed by atoms with van der Waals surface area (Å²) < 4.78 is 0. The quantitative estimate of drug-likeness (QED) is 0.676. The number of carbonyl (C=O) groups is 2. The van der Waals surface area contributed by atoms with E-state index in [0.29, 0.717) is 31.7 Å². The van der Waals surface area contributed by atoms with E-state index in [2.05, 4.69) is 10.6 Å². The summed E-state index contributed by atoms with van der Waals surface area (Å²) in [6.45, 7) is 2.24. The standard InChI is InChI=1S/C13H22N2O3/c16-11(7-10-3-1-6-14-8-10)15-9-13(12(17)18)4-2-5-13/h10,14H,1-9H2,(H,15,16)(H,17,18). The molecular formula is C13H22N2O3. The molecule has 0 aromatic heterocycles. The van der Waals surface area contributed by atoms with Crippen molar-refractivity contribution >= 4 is 11.9 Å². The summed E-state index contributed by atoms with van der Waals surface area (Å²) in [5.41, 5.74) is -0.680. The number of hydrogen-bond donors (Lipinski definition) is 3. The van der Waals surface area contributed by atoms with Crippen molar-refractivity contribution in [2.45, 2.75) is 38.5 Å². The van der Waals surface area contributed by atoms with Gasteiger partial charge in [-0.15, -0.1) is 0 Å². The van der Waals surface area contributed by atoms with Gasteiger partial charge in [0, 0.05) is 13.0 Å². The van der Waals surface area contributed by atoms with Gasteiger partial charge in [-0.25, -0.2) is 0 Å². The number of rotatable bonds is 5. The summed E-state index contributed by atoms with van der Waals surface area (Å²) in [4.78, 5) is 22.9. The lowest BCUT2D eigenvalue weighted by atomic mass is 9.69. The lowest BCUT2D eigenvalue weighted by molar-refractivity contribution is -0.154. The highest BCUT2D eigenvalue weighted by atomic mass is 16.4. The van der Waals surface area contributed by atoms with E-state index >= 15 is 0 Å². The topological polar surface area (TPSA) is 78.4 Å². The average Bonchev–Trinajstić information content (AvgIpc) is 2.28. The van der Waals surface area contributed by atoms with Crippen molar-refractivity contribution in [3.63, 3.8) is 0 Å². The first-order valence-corrected chi connectivity index (χ1v) is 6.83. The van der Waals surface area contributed by atoms with Crippen LogP contribution in [0.2, 0.25) is 0 Å². The molecular weight excluding hydrogens is 232 g/mol. The highest BCUT2D eigenvalue weighted by Crippen LogP contribution is 2.40. The molecule has 1 heterocycles. The fourth-order valence-electron chi connectivity index (χ4n) is 2.77. The van der Waals surface area contributed by atoms with E-state index in [1.54, 1.807) is 0 Å². The number of carboxylic acids is 1. The van der Waals surface area contributed by atoms with E-state index in [1.165, 1.54) is 0 Å². The Morgan fingerprint density at radius 1 is 1.33 bits per heavy atom. The summed E-state index contributed by atoms with van der Waals surface area (Å²) >= 11 is 0. The molecule has 0 aromatic carbocycles. The molecule has 5 heteroatoms. The SMILES string of the molecule is O=C(CC1CCCNC1)NCC1(C(=O)O)CCC1. The van der Waals surface area contributed by atoms with Crippen LogP contribution in [0.3, 0.4) is 0 Å². The van der Waals surface area contributed by atoms with E-state index in [4.69, 9.17) is 5.11 Å². The van der Waals surface area contributed by atoms with Gasteiger partial charge >= 0.3 is 5.97 Å². The van der Waals surface area contributed by atoms with Crippen molar-refractivity contribution < 1.29 is 14.7 Å². The second kappa shape index (κ2) is 5.69. The molecule has 1 aliphatic heterocycles. The Labute approximate surface area is 107 Å². The summed E-state index contributed by atoms with van der Waals surface area (Å²) in [5.74, 6) is -0.370. The number of carboxylic acid groups (broad SMARTS) is 1. The molecule has 1 atom stereocenters. The predicted octanol–water partition coefficient (Wildman–Crippen LogP) is 0.747. The zero-order chi connectivity index (χ0) is 13.0. The van der Waals surface area contributed by atoms with Gasteiger partial charge in [0.1, 0.15) is 0 Å². The molecule has 2 aliphatic rings. The third kappa shape index (κ3) is 3.02. The number of carbonyl (C=O) groups excluding carboxylic acids is 1. The van der Waals surface area contributed by atoms with Crippen molar-refractivity contribution in [1.82, 2.24) is 10.6 Å². The van der Waals surface area contributed by atoms with Gasteiger partial charge in [0.15, 0.2) is 0 Å². The van der Waals surface area contributed by atoms with Gasteiger partial charge in [0.2, 0.25) is 5.91 Å². The number of aliphatic carboxylic acids is 1. The van der Waals surface area contributed by atoms with Crippen molar-refractivity contribution in [3.8, 4) is 0 Å². The van der Waals surface area contributed by atoms with Crippen LogP contribution in [0.25, 0.3) is 0 Å². The van der Waals surface area contributed by atoms with Crippen LogP contribution in [0.4, 0.5) is 0 Å². The van der Waals surface area contributed by atoms with Crippen LogP contribution in [0.5, 0.6) is 0 Å². The van der Waals surface area contributed by atoms with Gasteiger partial charge in [0.05, 0.1) is 5.41 Å². The molecule has 102 valence electrons. The smallest absolute Gasteiger partial charge is 0.311 e. The second-order valence-electron chi connectivity index (χ2n) is 5.63. The Bertz CT molecular complexity index is 320. The zero-order valence-corrected chi connectivity index (χ0v) is 10.7. The largest absolute Gasteiger partial charge is 0.481 e. The van der Waals surface area contributed by atoms with E-state index in [-0.39, 0.29) is 5.91 Å². The average molecular weight is 254 g/mol. The van der Waals surface area contributed by atoms with Crippen LogP contribution < -0.4 is 10.6 Å². The van der Waals surface area contributed by atoms with Gasteiger partial charge in [-0.3, -0.25) is 9.59 Å². The maximum Gasteiger partial charge on any atom is 0.311 e. The molecule has 0 spiro atoms. The van der Waals surface area contributed by atoms with Crippen molar-refractivity contribution in [3.05, 3.63) is 0 Å². The monoisotopic (exact) mass is 254 g/mol. The Kier molecular flexibility index (Phi) is 4.22. The van der Waals surface area contributed by atoms with Gasteiger partial charge in [-0.2, -0.15) is 0 Å². The highest BCUT2D eigenvalue weighted by molar-refractivity contribution is 5.79. The summed E-state index contributed by atoms with van der Waals surface area (Å²) in [6.07, 6.45) is 5.06. The zero-order valence-electron chi connectivity index (χ0n) is 10.7. The number of piperidine rings is 1. The van der Waals surface area contributed by atoms with Gasteiger partial charge in [-0.1, -0.05) is 6.42 Å². The number of hydrogen-bond acceptors (Lipinski definition) is 3. The molecule has 1 unspecified atom stereocenters. The summed E-state index contributed by atoms with van der Waals surface area (Å²) in [5, 5.41) is 15.2. The van der Waals surface area contributed by atoms with Crippen LogP contribution in [-0.2, 0) is 9.59 Å². The number of nitrogens with one attached hydrogen (secondary N) is 2. The molecule has 1 aliphatic carbocycles. The van der Waals surface area contributed by atoms with Gasteiger partial charge in [-0.05, 0) is 44.7 Å². The first-order valence-electron chi connectivity index (χ1n) is 6.83. The van der Waals surface area contributed by atoms with Crippen molar-refractivity contribution in [2.75, 3.05) is 19.6 Å². The van der Waals surface area contributed by atoms with Gasteiger partial charge < -0.3 is 15.7 Å². The van der Waals surface area contributed by atoms with Crippen LogP contribution in [0, 0.1) is 11.3 Å². The molecule has 1 saturated heterocycles. The lowest BCUT2D eigenvalue weighted by Crippen LogP contribution is -2.48. The van der Waals surface area contributed by atoms with E-state index in [0.717, 1.165) is 32.4 Å². The third-order valence-corrected chi connectivity index (χ3v) is 4.26. The minimum absolute atomic E-state index is 0.00350. The molecule has 0 aromatic rings. The normalized spacial score (nSPS) is 26.1. The molecule has 2 fully saturated rings. The van der Waals surface area contributed by atoms with E-state index in [9.17, 15) is 9.59 Å². The lowest BCUT2D eigenvalue weighted by Gasteiger charge is -2.37. The maximum absolute atomic E-state index is 11.8. The Hall–Kier alpha value is -1.10. The first-order chi connectivity index (χ1) is 8.62. The summed E-state index contributed by atoms with van der Waals surface area (Å²) in [7, 11) is 0. The molecule has 5 nitrogen and oxygen atoms in total. The van der Waals surface area contributed by atoms with E-state index < -0.39 is 11.4 Å². The Morgan fingerprint density at radius 2 is 2.11 bits per heavy atom. The Balaban J connectivity index is 1.72. The second-order valence-corrected chi connectivity index (χ2v) is 5.63. The first kappa shape index (κ1) is 13.3. The minimum atomic E-state index is -0.770. The highest BCUT2D eigenvalue weighted by Gasteiger charge is 2.44. The Morgan fingerprint density at radius 3 is 2.61 bits per heavy atom. The van der Waals surface area contributed by atoms with Crippen LogP contribution in [0.15, 0.2) is 0 Å². The molecule has 0 bridgehead atoms. The van der Waals surface area contributed by atoms with Crippen LogP contribution in [-0.4, -0.2) is 36.6 Å². The fraction of sp³-hybridized carbons (Fsp3) is 0.846. The number of amides is 1. The molecule has 2 rings (SSSR count). The maximum atomic E-state index is 11.8. The predicted molar refractivity (Wildman–Crippen MR) is 67.1 cm³/mol. The van der Waals surface area contributed by atoms with Gasteiger partial charge in [0.25, 0.3) is 0 Å². The van der Waals surface area contributed by atoms with E-state index in [1.807, 2.05) is 0 Å². The third-order valence-electron chi connectivity index (χ3n) is 4.26. The van der Waals surface area contributed by atoms with Crippen molar-refractivity contribution in [2.24, 2.45) is 11.3 Å². The van der Waals surface area contributed by atoms with Crippen LogP contribution >= 0.6 is 0 Å². The fourth-order valence-corrected chi connectivity index (χ4v) is 2.77. The molecule has 3 N–H and O–H groups in total. The minimum Gasteiger partial charge on any atom is -0.481 e. The molecule has 1 saturated carbocycles.